The molecule has 0 aliphatic heterocycles. The molecule has 16 heavy (non-hydrogen) atoms. The van der Waals surface area contributed by atoms with Crippen molar-refractivity contribution in [2.45, 2.75) is 5.88 Å². The Labute approximate surface area is 97.5 Å². The van der Waals surface area contributed by atoms with Crippen LogP contribution < -0.4 is 0 Å². The monoisotopic (exact) mass is 238 g/mol. The maximum atomic E-state index is 13.5. The van der Waals surface area contributed by atoms with E-state index in [1.165, 1.54) is 18.2 Å². The second kappa shape index (κ2) is 4.62. The lowest BCUT2D eigenvalue weighted by molar-refractivity contribution is 0.617. The molecule has 0 N–H and O–H groups in total. The Bertz CT molecular complexity index is 492. The van der Waals surface area contributed by atoms with Crippen molar-refractivity contribution < 1.29 is 8.78 Å². The summed E-state index contributed by atoms with van der Waals surface area (Å²) < 4.78 is 26.2. The van der Waals surface area contributed by atoms with E-state index >= 15 is 0 Å². The van der Waals surface area contributed by atoms with Crippen molar-refractivity contribution in [2.75, 3.05) is 0 Å². The van der Waals surface area contributed by atoms with E-state index in [0.717, 1.165) is 5.56 Å². The zero-order valence-electron chi connectivity index (χ0n) is 8.38. The molecule has 0 bridgehead atoms. The Hall–Kier alpha value is -1.41. The lowest BCUT2D eigenvalue weighted by atomic mass is 10.0. The van der Waals surface area contributed by atoms with E-state index in [9.17, 15) is 8.78 Å². The third kappa shape index (κ3) is 2.07. The first kappa shape index (κ1) is 11.1. The third-order valence-corrected chi connectivity index (χ3v) is 2.67. The van der Waals surface area contributed by atoms with Crippen LogP contribution in [0.1, 0.15) is 5.56 Å². The predicted molar refractivity (Wildman–Crippen MR) is 61.4 cm³/mol. The largest absolute Gasteiger partial charge is 0.207 e. The maximum absolute atomic E-state index is 13.5. The molecule has 0 radical (unpaired) electrons. The zero-order chi connectivity index (χ0) is 11.5. The summed E-state index contributed by atoms with van der Waals surface area (Å²) in [4.78, 5) is 0. The molecule has 0 fully saturated rings. The first-order valence-electron chi connectivity index (χ1n) is 4.81. The highest BCUT2D eigenvalue weighted by Crippen LogP contribution is 2.27. The first-order valence-corrected chi connectivity index (χ1v) is 5.35. The Kier molecular flexibility index (Phi) is 3.20. The quantitative estimate of drug-likeness (QED) is 0.682. The molecular weight excluding hydrogens is 230 g/mol. The number of rotatable bonds is 2. The Morgan fingerprint density at radius 3 is 2.25 bits per heavy atom. The fourth-order valence-electron chi connectivity index (χ4n) is 1.59. The molecule has 0 nitrogen and oxygen atoms in total. The summed E-state index contributed by atoms with van der Waals surface area (Å²) >= 11 is 5.70. The van der Waals surface area contributed by atoms with Crippen molar-refractivity contribution in [1.29, 1.82) is 0 Å². The molecule has 82 valence electrons. The highest BCUT2D eigenvalue weighted by Gasteiger charge is 2.08. The van der Waals surface area contributed by atoms with E-state index in [4.69, 9.17) is 11.6 Å². The second-order valence-electron chi connectivity index (χ2n) is 3.41. The highest BCUT2D eigenvalue weighted by molar-refractivity contribution is 6.17. The molecule has 0 atom stereocenters. The summed E-state index contributed by atoms with van der Waals surface area (Å²) in [6.45, 7) is 0. The van der Waals surface area contributed by atoms with Crippen LogP contribution in [-0.4, -0.2) is 0 Å². The third-order valence-electron chi connectivity index (χ3n) is 2.41. The van der Waals surface area contributed by atoms with Gasteiger partial charge >= 0.3 is 0 Å². The summed E-state index contributed by atoms with van der Waals surface area (Å²) in [5.41, 5.74) is 1.90. The average Bonchev–Trinajstić information content (AvgIpc) is 2.30. The fraction of sp³-hybridized carbons (Fsp3) is 0.0769. The zero-order valence-corrected chi connectivity index (χ0v) is 9.14. The number of alkyl halides is 1. The standard InChI is InChI=1S/C13H9ClF2/c14-8-12-11(2-1-3-13(12)16)9-4-6-10(15)7-5-9/h1-7H,8H2. The van der Waals surface area contributed by atoms with Crippen LogP contribution in [0.2, 0.25) is 0 Å². The van der Waals surface area contributed by atoms with E-state index in [-0.39, 0.29) is 17.5 Å². The van der Waals surface area contributed by atoms with E-state index < -0.39 is 0 Å². The minimum absolute atomic E-state index is 0.0966. The minimum Gasteiger partial charge on any atom is -0.207 e. The van der Waals surface area contributed by atoms with Gasteiger partial charge in [-0.15, -0.1) is 11.6 Å². The Balaban J connectivity index is 2.55. The molecule has 2 aromatic carbocycles. The van der Waals surface area contributed by atoms with Gasteiger partial charge in [-0.25, -0.2) is 8.78 Å². The molecule has 0 amide bonds. The van der Waals surface area contributed by atoms with Crippen LogP contribution >= 0.6 is 11.6 Å². The SMILES string of the molecule is Fc1ccc(-c2cccc(F)c2CCl)cc1. The van der Waals surface area contributed by atoms with E-state index in [1.807, 2.05) is 0 Å². The van der Waals surface area contributed by atoms with Crippen molar-refractivity contribution >= 4 is 11.6 Å². The molecule has 0 aliphatic carbocycles. The van der Waals surface area contributed by atoms with Crippen LogP contribution in [0, 0.1) is 11.6 Å². The van der Waals surface area contributed by atoms with Crippen LogP contribution in [0.3, 0.4) is 0 Å². The molecule has 0 aliphatic rings. The van der Waals surface area contributed by atoms with Crippen LogP contribution in [0.5, 0.6) is 0 Å². The van der Waals surface area contributed by atoms with Gasteiger partial charge in [0, 0.05) is 5.56 Å². The summed E-state index contributed by atoms with van der Waals surface area (Å²) in [6.07, 6.45) is 0. The number of benzene rings is 2. The summed E-state index contributed by atoms with van der Waals surface area (Å²) in [5.74, 6) is -0.552. The van der Waals surface area contributed by atoms with Gasteiger partial charge in [0.2, 0.25) is 0 Å². The molecule has 2 aromatic rings. The molecule has 0 saturated carbocycles. The molecule has 3 heteroatoms. The number of halogens is 3. The van der Waals surface area contributed by atoms with Gasteiger partial charge in [0.05, 0.1) is 5.88 Å². The normalized spacial score (nSPS) is 10.4. The molecule has 0 aromatic heterocycles. The van der Waals surface area contributed by atoms with Crippen LogP contribution in [0.4, 0.5) is 8.78 Å². The summed E-state index contributed by atoms with van der Waals surface area (Å²) in [7, 11) is 0. The van der Waals surface area contributed by atoms with Gasteiger partial charge in [-0.05, 0) is 29.3 Å². The topological polar surface area (TPSA) is 0 Å². The van der Waals surface area contributed by atoms with Crippen molar-refractivity contribution in [2.24, 2.45) is 0 Å². The average molecular weight is 239 g/mol. The molecule has 0 spiro atoms. The number of hydrogen-bond acceptors (Lipinski definition) is 0. The van der Waals surface area contributed by atoms with E-state index in [0.29, 0.717) is 11.1 Å². The van der Waals surface area contributed by atoms with Crippen molar-refractivity contribution in [3.05, 3.63) is 59.7 Å². The maximum Gasteiger partial charge on any atom is 0.128 e. The summed E-state index contributed by atoms with van der Waals surface area (Å²) in [5, 5.41) is 0. The molecule has 0 saturated heterocycles. The molecule has 2 rings (SSSR count). The lowest BCUT2D eigenvalue weighted by Gasteiger charge is -2.08. The fourth-order valence-corrected chi connectivity index (χ4v) is 1.87. The first-order chi connectivity index (χ1) is 7.72. The smallest absolute Gasteiger partial charge is 0.128 e. The number of hydrogen-bond donors (Lipinski definition) is 0. The Morgan fingerprint density at radius 2 is 1.62 bits per heavy atom. The van der Waals surface area contributed by atoms with Crippen LogP contribution in [0.25, 0.3) is 11.1 Å². The molecule has 0 unspecified atom stereocenters. The molecule has 0 heterocycles. The Morgan fingerprint density at radius 1 is 0.938 bits per heavy atom. The molecular formula is C13H9ClF2. The highest BCUT2D eigenvalue weighted by atomic mass is 35.5. The van der Waals surface area contributed by atoms with Crippen molar-refractivity contribution in [3.63, 3.8) is 0 Å². The van der Waals surface area contributed by atoms with Gasteiger partial charge in [0.25, 0.3) is 0 Å². The van der Waals surface area contributed by atoms with E-state index in [1.54, 1.807) is 24.3 Å². The van der Waals surface area contributed by atoms with Gasteiger partial charge in [-0.2, -0.15) is 0 Å². The van der Waals surface area contributed by atoms with Gasteiger partial charge in [0.1, 0.15) is 11.6 Å². The van der Waals surface area contributed by atoms with Crippen molar-refractivity contribution in [1.82, 2.24) is 0 Å². The van der Waals surface area contributed by atoms with Gasteiger partial charge in [-0.1, -0.05) is 24.3 Å². The van der Waals surface area contributed by atoms with Crippen molar-refractivity contribution in [3.8, 4) is 11.1 Å². The van der Waals surface area contributed by atoms with Gasteiger partial charge < -0.3 is 0 Å². The lowest BCUT2D eigenvalue weighted by Crippen LogP contribution is -1.91. The minimum atomic E-state index is -0.336. The van der Waals surface area contributed by atoms with E-state index in [2.05, 4.69) is 0 Å². The van der Waals surface area contributed by atoms with Gasteiger partial charge in [-0.3, -0.25) is 0 Å². The second-order valence-corrected chi connectivity index (χ2v) is 3.67. The summed E-state index contributed by atoms with van der Waals surface area (Å²) in [6, 6.07) is 10.7. The predicted octanol–water partition coefficient (Wildman–Crippen LogP) is 4.37. The van der Waals surface area contributed by atoms with Gasteiger partial charge in [0.15, 0.2) is 0 Å². The van der Waals surface area contributed by atoms with Crippen LogP contribution in [-0.2, 0) is 5.88 Å². The van der Waals surface area contributed by atoms with Crippen LogP contribution in [0.15, 0.2) is 42.5 Å².